The van der Waals surface area contributed by atoms with Gasteiger partial charge in [-0.05, 0) is 26.2 Å². The van der Waals surface area contributed by atoms with E-state index in [0.29, 0.717) is 19.8 Å². The lowest BCUT2D eigenvalue weighted by atomic mass is 10.1. The lowest BCUT2D eigenvalue weighted by Crippen LogP contribution is -2.12. The minimum absolute atomic E-state index is 0.00995. The molecule has 2 N–H and O–H groups in total. The van der Waals surface area contributed by atoms with E-state index in [1.54, 1.807) is 6.92 Å². The molecule has 0 saturated heterocycles. The Morgan fingerprint density at radius 2 is 0.850 bits per heavy atom. The minimum Gasteiger partial charge on any atom is -0.503 e. The Kier molecular flexibility index (Phi) is 20.9. The fraction of sp³-hybridized carbons (Fsp3) is 0.788. The maximum Gasteiger partial charge on any atom is 0.343 e. The van der Waals surface area contributed by atoms with Gasteiger partial charge >= 0.3 is 5.97 Å². The fourth-order valence-corrected chi connectivity index (χ4v) is 4.69. The smallest absolute Gasteiger partial charge is 0.343 e. The zero-order valence-electron chi connectivity index (χ0n) is 26.0. The highest BCUT2D eigenvalue weighted by molar-refractivity contribution is 5.97. The number of benzene rings is 1. The summed E-state index contributed by atoms with van der Waals surface area (Å²) in [6.45, 7) is 9.78. The molecule has 0 unspecified atom stereocenters. The third-order valence-electron chi connectivity index (χ3n) is 7.03. The number of carboxylic acids is 1. The topological polar surface area (TPSA) is 94.5 Å². The highest BCUT2D eigenvalue weighted by Gasteiger charge is 2.32. The quantitative estimate of drug-likeness (QED) is 0.102. The molecule has 0 aromatic heterocycles. The van der Waals surface area contributed by atoms with Gasteiger partial charge in [0.1, 0.15) is 0 Å². The predicted molar refractivity (Wildman–Crippen MR) is 163 cm³/mol. The van der Waals surface area contributed by atoms with E-state index in [-0.39, 0.29) is 35.2 Å². The molecule has 0 aliphatic carbocycles. The Balaban J connectivity index is 3.18. The van der Waals surface area contributed by atoms with Crippen LogP contribution >= 0.6 is 0 Å². The van der Waals surface area contributed by atoms with E-state index in [4.69, 9.17) is 18.9 Å². The number of aromatic hydroxyl groups is 1. The van der Waals surface area contributed by atoms with E-state index < -0.39 is 11.7 Å². The normalized spacial score (nSPS) is 11.0. The summed E-state index contributed by atoms with van der Waals surface area (Å²) < 4.78 is 24.2. The second-order valence-electron chi connectivity index (χ2n) is 10.6. The number of unbranched alkanes of at least 4 members (excludes halogenated alkanes) is 15. The zero-order valence-corrected chi connectivity index (χ0v) is 26.0. The molecule has 1 aromatic rings. The third-order valence-corrected chi connectivity index (χ3v) is 7.03. The lowest BCUT2D eigenvalue weighted by Gasteiger charge is -2.22. The molecule has 0 aliphatic heterocycles. The van der Waals surface area contributed by atoms with Crippen LogP contribution in [-0.2, 0) is 0 Å². The van der Waals surface area contributed by atoms with Crippen LogP contribution in [-0.4, -0.2) is 42.6 Å². The highest BCUT2D eigenvalue weighted by Crippen LogP contribution is 2.53. The average molecular weight is 567 g/mol. The van der Waals surface area contributed by atoms with Gasteiger partial charge in [0, 0.05) is 0 Å². The maximum absolute atomic E-state index is 12.3. The molecular weight excluding hydrogens is 508 g/mol. The number of hydrogen-bond donors (Lipinski definition) is 2. The zero-order chi connectivity index (χ0) is 29.4. The van der Waals surface area contributed by atoms with Crippen molar-refractivity contribution in [2.45, 2.75) is 143 Å². The lowest BCUT2D eigenvalue weighted by molar-refractivity contribution is 0.0685. The van der Waals surface area contributed by atoms with Crippen molar-refractivity contribution in [3.8, 4) is 28.7 Å². The summed E-state index contributed by atoms with van der Waals surface area (Å²) in [5, 5.41) is 21.1. The van der Waals surface area contributed by atoms with Crippen molar-refractivity contribution in [3.05, 3.63) is 5.56 Å². The minimum atomic E-state index is -1.29. The number of carboxylic acid groups (broad SMARTS) is 1. The molecule has 0 fully saturated rings. The summed E-state index contributed by atoms with van der Waals surface area (Å²) in [4.78, 5) is 12.3. The van der Waals surface area contributed by atoms with Crippen LogP contribution in [0.4, 0.5) is 0 Å². The Labute approximate surface area is 243 Å². The molecule has 0 saturated carbocycles. The second kappa shape index (κ2) is 23.4. The first kappa shape index (κ1) is 35.7. The van der Waals surface area contributed by atoms with Crippen LogP contribution in [0.2, 0.25) is 0 Å². The molecule has 0 aliphatic rings. The van der Waals surface area contributed by atoms with E-state index >= 15 is 0 Å². The monoisotopic (exact) mass is 566 g/mol. The molecule has 0 atom stereocenters. The van der Waals surface area contributed by atoms with Gasteiger partial charge in [-0.1, -0.05) is 117 Å². The van der Waals surface area contributed by atoms with Gasteiger partial charge in [0.25, 0.3) is 0 Å². The van der Waals surface area contributed by atoms with Crippen molar-refractivity contribution in [1.29, 1.82) is 0 Å². The largest absolute Gasteiger partial charge is 0.503 e. The van der Waals surface area contributed by atoms with Gasteiger partial charge in [0.15, 0.2) is 17.1 Å². The molecule has 7 heteroatoms. The molecule has 0 amide bonds. The third kappa shape index (κ3) is 13.8. The van der Waals surface area contributed by atoms with E-state index in [1.165, 1.54) is 57.8 Å². The molecule has 7 nitrogen and oxygen atoms in total. The second-order valence-corrected chi connectivity index (χ2v) is 10.6. The van der Waals surface area contributed by atoms with Crippen LogP contribution in [0.5, 0.6) is 28.7 Å². The van der Waals surface area contributed by atoms with Crippen LogP contribution in [0, 0.1) is 0 Å². The van der Waals surface area contributed by atoms with Gasteiger partial charge < -0.3 is 29.2 Å². The Bertz CT molecular complexity index is 794. The van der Waals surface area contributed by atoms with Gasteiger partial charge in [-0.25, -0.2) is 4.79 Å². The van der Waals surface area contributed by atoms with Gasteiger partial charge in [-0.3, -0.25) is 0 Å². The molecule has 0 spiro atoms. The van der Waals surface area contributed by atoms with Crippen molar-refractivity contribution >= 4 is 5.97 Å². The molecular formula is C33H58O7. The predicted octanol–water partition coefficient (Wildman–Crippen LogP) is 9.71. The highest BCUT2D eigenvalue weighted by atomic mass is 16.6. The average Bonchev–Trinajstić information content (AvgIpc) is 2.94. The first-order chi connectivity index (χ1) is 19.5. The fourth-order valence-electron chi connectivity index (χ4n) is 4.69. The van der Waals surface area contributed by atoms with Crippen LogP contribution < -0.4 is 18.9 Å². The van der Waals surface area contributed by atoms with Gasteiger partial charge in [-0.15, -0.1) is 0 Å². The number of ether oxygens (including phenoxy) is 4. The summed E-state index contributed by atoms with van der Waals surface area (Å²) in [5.41, 5.74) is -0.334. The number of aromatic carboxylic acids is 1. The van der Waals surface area contributed by atoms with Gasteiger partial charge in [0.05, 0.1) is 26.4 Å². The standard InChI is InChI=1S/C33H58O7/c1-5-9-12-15-18-21-24-38-29-27(33(35)36)28(34)30(37-8-4)32(40-26-23-20-17-14-11-7-3)31(29)39-25-22-19-16-13-10-6-2/h34H,5-26H2,1-4H3,(H,35,36). The summed E-state index contributed by atoms with van der Waals surface area (Å²) in [7, 11) is 0. The van der Waals surface area contributed by atoms with Crippen molar-refractivity contribution in [2.75, 3.05) is 26.4 Å². The van der Waals surface area contributed by atoms with Crippen LogP contribution in [0.1, 0.15) is 154 Å². The number of carbonyl (C=O) groups is 1. The maximum atomic E-state index is 12.3. The van der Waals surface area contributed by atoms with Crippen molar-refractivity contribution in [2.24, 2.45) is 0 Å². The molecule has 232 valence electrons. The van der Waals surface area contributed by atoms with E-state index in [2.05, 4.69) is 20.8 Å². The van der Waals surface area contributed by atoms with E-state index in [1.807, 2.05) is 0 Å². The van der Waals surface area contributed by atoms with Crippen LogP contribution in [0.15, 0.2) is 0 Å². The summed E-state index contributed by atoms with van der Waals surface area (Å²) in [6, 6.07) is 0. The molecule has 0 heterocycles. The SMILES string of the molecule is CCCCCCCCOc1c(OCC)c(O)c(C(=O)O)c(OCCCCCCCC)c1OCCCCCCCC. The van der Waals surface area contributed by atoms with E-state index in [0.717, 1.165) is 57.8 Å². The van der Waals surface area contributed by atoms with Crippen molar-refractivity contribution in [1.82, 2.24) is 0 Å². The van der Waals surface area contributed by atoms with Crippen LogP contribution in [0.25, 0.3) is 0 Å². The molecule has 1 aromatic carbocycles. The molecule has 0 bridgehead atoms. The first-order valence-corrected chi connectivity index (χ1v) is 16.2. The van der Waals surface area contributed by atoms with Crippen molar-refractivity contribution < 1.29 is 34.0 Å². The Hall–Kier alpha value is -2.31. The Morgan fingerprint density at radius 1 is 0.500 bits per heavy atom. The molecule has 40 heavy (non-hydrogen) atoms. The summed E-state index contributed by atoms with van der Waals surface area (Å²) in [6.07, 6.45) is 19.8. The van der Waals surface area contributed by atoms with Crippen LogP contribution in [0.3, 0.4) is 0 Å². The summed E-state index contributed by atoms with van der Waals surface area (Å²) >= 11 is 0. The Morgan fingerprint density at radius 3 is 1.23 bits per heavy atom. The number of rotatable bonds is 27. The first-order valence-electron chi connectivity index (χ1n) is 16.2. The molecule has 0 radical (unpaired) electrons. The number of hydrogen-bond acceptors (Lipinski definition) is 6. The molecule has 1 rings (SSSR count). The summed E-state index contributed by atoms with van der Waals surface area (Å²) in [5.74, 6) is -1.26. The van der Waals surface area contributed by atoms with Crippen molar-refractivity contribution in [3.63, 3.8) is 0 Å². The number of phenols is 1. The van der Waals surface area contributed by atoms with Gasteiger partial charge in [0.2, 0.25) is 17.2 Å². The van der Waals surface area contributed by atoms with Gasteiger partial charge in [-0.2, -0.15) is 0 Å². The van der Waals surface area contributed by atoms with E-state index in [9.17, 15) is 15.0 Å².